The van der Waals surface area contributed by atoms with Crippen molar-refractivity contribution in [3.05, 3.63) is 12.2 Å². The molecule has 0 saturated heterocycles. The van der Waals surface area contributed by atoms with E-state index in [-0.39, 0.29) is 0 Å². The van der Waals surface area contributed by atoms with Gasteiger partial charge in [0.15, 0.2) is 5.78 Å². The molecule has 1 nitrogen and oxygen atoms in total. The maximum absolute atomic E-state index is 10.9. The van der Waals surface area contributed by atoms with Crippen molar-refractivity contribution in [2.45, 2.75) is 39.5 Å². The molecule has 1 atom stereocenters. The van der Waals surface area contributed by atoms with E-state index in [1.807, 2.05) is 0 Å². The van der Waals surface area contributed by atoms with Crippen molar-refractivity contribution in [3.8, 4) is 0 Å². The summed E-state index contributed by atoms with van der Waals surface area (Å²) in [6.07, 6.45) is 8.02. The van der Waals surface area contributed by atoms with E-state index in [0.29, 0.717) is 11.2 Å². The summed E-state index contributed by atoms with van der Waals surface area (Å²) in [5.41, 5.74) is 0.308. The van der Waals surface area contributed by atoms with Gasteiger partial charge in [-0.25, -0.2) is 0 Å². The fourth-order valence-electron chi connectivity index (χ4n) is 1.65. The average molecular weight is 152 g/mol. The lowest BCUT2D eigenvalue weighted by atomic mass is 9.77. The molecule has 0 bridgehead atoms. The van der Waals surface area contributed by atoms with E-state index in [0.717, 1.165) is 12.8 Å². The van der Waals surface area contributed by atoms with Crippen molar-refractivity contribution in [2.24, 2.45) is 5.41 Å². The first-order chi connectivity index (χ1) is 5.16. The van der Waals surface area contributed by atoms with Gasteiger partial charge in [-0.1, -0.05) is 26.3 Å². The number of carbonyl (C=O) groups is 1. The fraction of sp³-hybridized carbons (Fsp3) is 0.700. The number of allylic oxidation sites excluding steroid dienone is 2. The third-order valence-corrected chi connectivity index (χ3v) is 2.44. The molecule has 1 aliphatic carbocycles. The molecule has 1 heteroatoms. The van der Waals surface area contributed by atoms with Crippen molar-refractivity contribution in [1.82, 2.24) is 0 Å². The Morgan fingerprint density at radius 3 is 2.82 bits per heavy atom. The van der Waals surface area contributed by atoms with Gasteiger partial charge in [-0.2, -0.15) is 0 Å². The minimum Gasteiger partial charge on any atom is -0.295 e. The zero-order chi connectivity index (χ0) is 8.32. The highest BCUT2D eigenvalue weighted by atomic mass is 16.1. The standard InChI is InChI=1S/C10H16O/c1-3-6-10(2)7-4-9(11)5-8-10/h4,7H,3,5-6,8H2,1-2H3/t10-/m1/s1. The van der Waals surface area contributed by atoms with Crippen LogP contribution in [0.4, 0.5) is 0 Å². The molecule has 0 heterocycles. The van der Waals surface area contributed by atoms with Crippen LogP contribution in [0.2, 0.25) is 0 Å². The third-order valence-electron chi connectivity index (χ3n) is 2.44. The van der Waals surface area contributed by atoms with Gasteiger partial charge in [0.25, 0.3) is 0 Å². The van der Waals surface area contributed by atoms with Crippen LogP contribution in [0.1, 0.15) is 39.5 Å². The summed E-state index contributed by atoms with van der Waals surface area (Å²) in [4.78, 5) is 10.9. The monoisotopic (exact) mass is 152 g/mol. The van der Waals surface area contributed by atoms with Crippen LogP contribution in [-0.4, -0.2) is 5.78 Å². The molecule has 0 N–H and O–H groups in total. The Hall–Kier alpha value is -0.590. The van der Waals surface area contributed by atoms with E-state index < -0.39 is 0 Å². The first-order valence-corrected chi connectivity index (χ1v) is 4.38. The van der Waals surface area contributed by atoms with E-state index in [9.17, 15) is 4.79 Å². The Morgan fingerprint density at radius 2 is 2.36 bits per heavy atom. The fourth-order valence-corrected chi connectivity index (χ4v) is 1.65. The average Bonchev–Trinajstić information content (AvgIpc) is 1.97. The van der Waals surface area contributed by atoms with Crippen LogP contribution in [0.25, 0.3) is 0 Å². The summed E-state index contributed by atoms with van der Waals surface area (Å²) in [7, 11) is 0. The molecule has 0 radical (unpaired) electrons. The molecule has 0 aliphatic heterocycles. The number of ketones is 1. The third kappa shape index (κ3) is 2.18. The Labute approximate surface area is 68.5 Å². The molecule has 11 heavy (non-hydrogen) atoms. The lowest BCUT2D eigenvalue weighted by Crippen LogP contribution is -2.18. The highest BCUT2D eigenvalue weighted by Gasteiger charge is 2.23. The van der Waals surface area contributed by atoms with Gasteiger partial charge in [0.2, 0.25) is 0 Å². The molecule has 0 saturated carbocycles. The second-order valence-corrected chi connectivity index (χ2v) is 3.70. The number of hydrogen-bond acceptors (Lipinski definition) is 1. The maximum Gasteiger partial charge on any atom is 0.155 e. The van der Waals surface area contributed by atoms with Gasteiger partial charge in [0, 0.05) is 6.42 Å². The van der Waals surface area contributed by atoms with Gasteiger partial charge in [-0.15, -0.1) is 0 Å². The molecule has 0 amide bonds. The van der Waals surface area contributed by atoms with E-state index in [1.165, 1.54) is 12.8 Å². The molecule has 0 aromatic rings. The molecule has 0 fully saturated rings. The Bertz CT molecular complexity index is 181. The number of rotatable bonds is 2. The normalized spacial score (nSPS) is 30.9. The van der Waals surface area contributed by atoms with E-state index >= 15 is 0 Å². The summed E-state index contributed by atoms with van der Waals surface area (Å²) in [6.45, 7) is 4.43. The van der Waals surface area contributed by atoms with Crippen molar-refractivity contribution < 1.29 is 4.79 Å². The Balaban J connectivity index is 2.60. The van der Waals surface area contributed by atoms with E-state index in [4.69, 9.17) is 0 Å². The molecule has 0 aromatic heterocycles. The first-order valence-electron chi connectivity index (χ1n) is 4.38. The van der Waals surface area contributed by atoms with Gasteiger partial charge in [-0.05, 0) is 24.3 Å². The number of hydrogen-bond donors (Lipinski definition) is 0. The highest BCUT2D eigenvalue weighted by molar-refractivity contribution is 5.90. The molecule has 1 rings (SSSR count). The second kappa shape index (κ2) is 3.21. The van der Waals surface area contributed by atoms with Crippen LogP contribution in [0, 0.1) is 5.41 Å². The minimum atomic E-state index is 0.290. The summed E-state index contributed by atoms with van der Waals surface area (Å²) in [5, 5.41) is 0. The zero-order valence-corrected chi connectivity index (χ0v) is 7.39. The first kappa shape index (κ1) is 8.51. The van der Waals surface area contributed by atoms with Gasteiger partial charge < -0.3 is 0 Å². The predicted molar refractivity (Wildman–Crippen MR) is 46.4 cm³/mol. The molecule has 0 spiro atoms. The lowest BCUT2D eigenvalue weighted by Gasteiger charge is -2.27. The van der Waals surface area contributed by atoms with E-state index in [1.54, 1.807) is 6.08 Å². The topological polar surface area (TPSA) is 17.1 Å². The Kier molecular flexibility index (Phi) is 2.48. The highest BCUT2D eigenvalue weighted by Crippen LogP contribution is 2.33. The smallest absolute Gasteiger partial charge is 0.155 e. The summed E-state index contributed by atoms with van der Waals surface area (Å²) in [6, 6.07) is 0. The van der Waals surface area contributed by atoms with Gasteiger partial charge in [0.1, 0.15) is 0 Å². The van der Waals surface area contributed by atoms with Gasteiger partial charge in [0.05, 0.1) is 0 Å². The summed E-state index contributed by atoms with van der Waals surface area (Å²) in [5.74, 6) is 0.290. The van der Waals surface area contributed by atoms with Crippen molar-refractivity contribution in [1.29, 1.82) is 0 Å². The predicted octanol–water partition coefficient (Wildman–Crippen LogP) is 2.71. The van der Waals surface area contributed by atoms with Crippen LogP contribution >= 0.6 is 0 Å². The quantitative estimate of drug-likeness (QED) is 0.594. The zero-order valence-electron chi connectivity index (χ0n) is 7.39. The lowest BCUT2D eigenvalue weighted by molar-refractivity contribution is -0.115. The summed E-state index contributed by atoms with van der Waals surface area (Å²) >= 11 is 0. The van der Waals surface area contributed by atoms with Crippen LogP contribution in [0.3, 0.4) is 0 Å². The SMILES string of the molecule is CCC[C@]1(C)C=CC(=O)CC1. The largest absolute Gasteiger partial charge is 0.295 e. The maximum atomic E-state index is 10.9. The van der Waals surface area contributed by atoms with Crippen LogP contribution < -0.4 is 0 Å². The number of carbonyl (C=O) groups excluding carboxylic acids is 1. The molecular weight excluding hydrogens is 136 g/mol. The van der Waals surface area contributed by atoms with Crippen molar-refractivity contribution in [2.75, 3.05) is 0 Å². The van der Waals surface area contributed by atoms with Crippen LogP contribution in [0.5, 0.6) is 0 Å². The van der Waals surface area contributed by atoms with E-state index in [2.05, 4.69) is 19.9 Å². The van der Waals surface area contributed by atoms with Gasteiger partial charge in [-0.3, -0.25) is 4.79 Å². The molecule has 0 aromatic carbocycles. The molecule has 0 unspecified atom stereocenters. The van der Waals surface area contributed by atoms with Crippen molar-refractivity contribution in [3.63, 3.8) is 0 Å². The molecule has 62 valence electrons. The molecule has 1 aliphatic rings. The van der Waals surface area contributed by atoms with Crippen LogP contribution in [0.15, 0.2) is 12.2 Å². The summed E-state index contributed by atoms with van der Waals surface area (Å²) < 4.78 is 0. The molecular formula is C10H16O. The van der Waals surface area contributed by atoms with Crippen LogP contribution in [-0.2, 0) is 4.79 Å². The van der Waals surface area contributed by atoms with Crippen molar-refractivity contribution >= 4 is 5.78 Å². The Morgan fingerprint density at radius 1 is 1.64 bits per heavy atom. The minimum absolute atomic E-state index is 0.290. The van der Waals surface area contributed by atoms with Gasteiger partial charge >= 0.3 is 0 Å². The second-order valence-electron chi connectivity index (χ2n) is 3.70.